The van der Waals surface area contributed by atoms with E-state index in [9.17, 15) is 0 Å². The predicted octanol–water partition coefficient (Wildman–Crippen LogP) is 3.49. The molecule has 3 rings (SSSR count). The van der Waals surface area contributed by atoms with Crippen LogP contribution in [0.15, 0.2) is 46.9 Å². The minimum absolute atomic E-state index is 0.679. The molecule has 0 aliphatic heterocycles. The van der Waals surface area contributed by atoms with Crippen molar-refractivity contribution >= 4 is 27.0 Å². The van der Waals surface area contributed by atoms with Gasteiger partial charge in [-0.15, -0.1) is 0 Å². The Morgan fingerprint density at radius 2 is 1.89 bits per heavy atom. The number of fused-ring (bicyclic) bond motifs is 1. The second-order valence-electron chi connectivity index (χ2n) is 4.48. The number of H-pyrrole nitrogens is 1. The maximum Gasteiger partial charge on any atom is 0.138 e. The first-order valence-electron chi connectivity index (χ1n) is 6.21. The highest BCUT2D eigenvalue weighted by Crippen LogP contribution is 2.23. The number of benzene rings is 2. The number of aromatic nitrogens is 2. The van der Waals surface area contributed by atoms with E-state index in [-0.39, 0.29) is 0 Å². The summed E-state index contributed by atoms with van der Waals surface area (Å²) in [7, 11) is 0. The first-order valence-corrected chi connectivity index (χ1v) is 7.00. The second kappa shape index (κ2) is 5.15. The molecule has 0 saturated carbocycles. The molecule has 0 radical (unpaired) electrons. The standard InChI is InChI=1S/C15H14BrN3/c16-12-5-6-13-14(9-12)19-15(18-13)11-3-1-10(2-4-11)7-8-17/h1-6,9H,7-8,17H2,(H,18,19). The van der Waals surface area contributed by atoms with Gasteiger partial charge in [-0.1, -0.05) is 40.2 Å². The van der Waals surface area contributed by atoms with Crippen molar-refractivity contribution in [1.82, 2.24) is 9.97 Å². The second-order valence-corrected chi connectivity index (χ2v) is 5.40. The maximum atomic E-state index is 5.55. The van der Waals surface area contributed by atoms with Gasteiger partial charge in [0, 0.05) is 10.0 Å². The zero-order valence-corrected chi connectivity index (χ0v) is 11.9. The highest BCUT2D eigenvalue weighted by molar-refractivity contribution is 9.10. The Morgan fingerprint density at radius 3 is 2.63 bits per heavy atom. The smallest absolute Gasteiger partial charge is 0.138 e. The van der Waals surface area contributed by atoms with E-state index in [0.29, 0.717) is 6.54 Å². The van der Waals surface area contributed by atoms with Crippen molar-refractivity contribution in [3.8, 4) is 11.4 Å². The van der Waals surface area contributed by atoms with Crippen LogP contribution >= 0.6 is 15.9 Å². The summed E-state index contributed by atoms with van der Waals surface area (Å²) >= 11 is 3.47. The van der Waals surface area contributed by atoms with Gasteiger partial charge < -0.3 is 10.7 Å². The summed E-state index contributed by atoms with van der Waals surface area (Å²) in [4.78, 5) is 7.94. The number of rotatable bonds is 3. The Kier molecular flexibility index (Phi) is 3.36. The number of hydrogen-bond acceptors (Lipinski definition) is 2. The summed E-state index contributed by atoms with van der Waals surface area (Å²) in [6.45, 7) is 0.679. The summed E-state index contributed by atoms with van der Waals surface area (Å²) in [5, 5.41) is 0. The van der Waals surface area contributed by atoms with Crippen LogP contribution < -0.4 is 5.73 Å². The predicted molar refractivity (Wildman–Crippen MR) is 82.0 cm³/mol. The highest BCUT2D eigenvalue weighted by Gasteiger charge is 2.05. The third kappa shape index (κ3) is 2.55. The molecule has 4 heteroatoms. The first-order chi connectivity index (χ1) is 9.26. The van der Waals surface area contributed by atoms with Crippen LogP contribution in [-0.4, -0.2) is 16.5 Å². The van der Waals surface area contributed by atoms with Crippen LogP contribution in [0.4, 0.5) is 0 Å². The Hall–Kier alpha value is -1.65. The third-order valence-corrected chi connectivity index (χ3v) is 3.60. The quantitative estimate of drug-likeness (QED) is 0.777. The molecule has 0 aliphatic rings. The van der Waals surface area contributed by atoms with Crippen LogP contribution in [0.1, 0.15) is 5.56 Å². The Bertz CT molecular complexity index is 701. The van der Waals surface area contributed by atoms with E-state index in [1.54, 1.807) is 0 Å². The van der Waals surface area contributed by atoms with Crippen molar-refractivity contribution in [1.29, 1.82) is 0 Å². The minimum Gasteiger partial charge on any atom is -0.338 e. The molecule has 3 aromatic rings. The number of nitrogens with two attached hydrogens (primary N) is 1. The lowest BCUT2D eigenvalue weighted by molar-refractivity contribution is 0.969. The molecule has 0 amide bonds. The Morgan fingerprint density at radius 1 is 1.11 bits per heavy atom. The fraction of sp³-hybridized carbons (Fsp3) is 0.133. The molecule has 19 heavy (non-hydrogen) atoms. The van der Waals surface area contributed by atoms with Crippen LogP contribution in [0.25, 0.3) is 22.4 Å². The van der Waals surface area contributed by atoms with Crippen molar-refractivity contribution in [2.24, 2.45) is 5.73 Å². The number of hydrogen-bond donors (Lipinski definition) is 2. The van der Waals surface area contributed by atoms with Crippen LogP contribution in [0, 0.1) is 0 Å². The lowest BCUT2D eigenvalue weighted by atomic mass is 10.1. The zero-order chi connectivity index (χ0) is 13.2. The average molecular weight is 316 g/mol. The van der Waals surface area contributed by atoms with Gasteiger partial charge in [-0.25, -0.2) is 4.98 Å². The summed E-state index contributed by atoms with van der Waals surface area (Å²) in [6, 6.07) is 14.4. The van der Waals surface area contributed by atoms with Crippen LogP contribution in [0.3, 0.4) is 0 Å². The average Bonchev–Trinajstić information content (AvgIpc) is 2.83. The van der Waals surface area contributed by atoms with Gasteiger partial charge in [-0.05, 0) is 36.7 Å². The molecule has 0 saturated heterocycles. The summed E-state index contributed by atoms with van der Waals surface area (Å²) in [6.07, 6.45) is 0.910. The van der Waals surface area contributed by atoms with Gasteiger partial charge in [0.15, 0.2) is 0 Å². The first kappa shape index (κ1) is 12.4. The van der Waals surface area contributed by atoms with Gasteiger partial charge in [0.25, 0.3) is 0 Å². The fourth-order valence-electron chi connectivity index (χ4n) is 2.11. The zero-order valence-electron chi connectivity index (χ0n) is 10.4. The highest BCUT2D eigenvalue weighted by atomic mass is 79.9. The molecule has 2 aromatic carbocycles. The number of halogens is 1. The van der Waals surface area contributed by atoms with E-state index in [0.717, 1.165) is 33.3 Å². The largest absolute Gasteiger partial charge is 0.338 e. The van der Waals surface area contributed by atoms with Crippen LogP contribution in [0.2, 0.25) is 0 Å². The summed E-state index contributed by atoms with van der Waals surface area (Å²) in [5.41, 5.74) is 9.91. The van der Waals surface area contributed by atoms with Crippen molar-refractivity contribution in [3.63, 3.8) is 0 Å². The summed E-state index contributed by atoms with van der Waals surface area (Å²) < 4.78 is 1.05. The number of imidazole rings is 1. The lowest BCUT2D eigenvalue weighted by Gasteiger charge is -2.00. The van der Waals surface area contributed by atoms with Crippen molar-refractivity contribution in [2.45, 2.75) is 6.42 Å². The van der Waals surface area contributed by atoms with Crippen molar-refractivity contribution in [2.75, 3.05) is 6.54 Å². The SMILES string of the molecule is NCCc1ccc(-c2nc3ccc(Br)cc3[nH]2)cc1. The molecule has 3 nitrogen and oxygen atoms in total. The molecule has 0 aliphatic carbocycles. The molecule has 0 fully saturated rings. The van der Waals surface area contributed by atoms with Crippen LogP contribution in [0.5, 0.6) is 0 Å². The van der Waals surface area contributed by atoms with Gasteiger partial charge in [0.1, 0.15) is 5.82 Å². The van der Waals surface area contributed by atoms with Gasteiger partial charge in [0.05, 0.1) is 11.0 Å². The number of nitrogens with zero attached hydrogens (tertiary/aromatic N) is 1. The molecule has 96 valence electrons. The number of aromatic amines is 1. The Balaban J connectivity index is 1.99. The third-order valence-electron chi connectivity index (χ3n) is 3.10. The molecule has 0 unspecified atom stereocenters. The normalized spacial score (nSPS) is 11.1. The molecule has 0 bridgehead atoms. The molecule has 1 aromatic heterocycles. The molecule has 0 spiro atoms. The summed E-state index contributed by atoms with van der Waals surface area (Å²) in [5.74, 6) is 0.896. The lowest BCUT2D eigenvalue weighted by Crippen LogP contribution is -2.02. The van der Waals surface area contributed by atoms with E-state index in [1.165, 1.54) is 5.56 Å². The molecular formula is C15H14BrN3. The van der Waals surface area contributed by atoms with Gasteiger partial charge in [0.2, 0.25) is 0 Å². The van der Waals surface area contributed by atoms with E-state index in [1.807, 2.05) is 18.2 Å². The van der Waals surface area contributed by atoms with E-state index in [4.69, 9.17) is 5.73 Å². The maximum absolute atomic E-state index is 5.55. The van der Waals surface area contributed by atoms with Crippen molar-refractivity contribution in [3.05, 3.63) is 52.5 Å². The Labute approximate surface area is 120 Å². The molecule has 0 atom stereocenters. The fourth-order valence-corrected chi connectivity index (χ4v) is 2.48. The van der Waals surface area contributed by atoms with Crippen LogP contribution in [-0.2, 0) is 6.42 Å². The van der Waals surface area contributed by atoms with Gasteiger partial charge in [-0.3, -0.25) is 0 Å². The van der Waals surface area contributed by atoms with Gasteiger partial charge >= 0.3 is 0 Å². The van der Waals surface area contributed by atoms with E-state index >= 15 is 0 Å². The minimum atomic E-state index is 0.679. The van der Waals surface area contributed by atoms with E-state index in [2.05, 4.69) is 50.2 Å². The number of nitrogens with one attached hydrogen (secondary N) is 1. The molecule has 1 heterocycles. The topological polar surface area (TPSA) is 54.7 Å². The molecular weight excluding hydrogens is 302 g/mol. The van der Waals surface area contributed by atoms with E-state index < -0.39 is 0 Å². The monoisotopic (exact) mass is 315 g/mol. The van der Waals surface area contributed by atoms with Gasteiger partial charge in [-0.2, -0.15) is 0 Å². The molecule has 3 N–H and O–H groups in total. The van der Waals surface area contributed by atoms with Crippen molar-refractivity contribution < 1.29 is 0 Å².